The predicted octanol–water partition coefficient (Wildman–Crippen LogP) is 7.82. The Morgan fingerprint density at radius 3 is 1.32 bits per heavy atom. The molecule has 8 nitrogen and oxygen atoms in total. The fraction of sp³-hybridized carbons (Fsp3) is 0.875. The van der Waals surface area contributed by atoms with Gasteiger partial charge in [-0.25, -0.2) is 4.79 Å². The first-order valence-corrected chi connectivity index (χ1v) is 16.1. The molecule has 8 heteroatoms. The number of hydrogen-bond acceptors (Lipinski definition) is 7. The van der Waals surface area contributed by atoms with Gasteiger partial charge in [-0.3, -0.25) is 14.4 Å². The van der Waals surface area contributed by atoms with Crippen molar-refractivity contribution in [1.82, 2.24) is 0 Å². The molecule has 0 radical (unpaired) electrons. The van der Waals surface area contributed by atoms with Crippen LogP contribution in [0.1, 0.15) is 168 Å². The zero-order chi connectivity index (χ0) is 29.9. The number of aliphatic carboxylic acids is 1. The Bertz CT molecular complexity index is 678. The Kier molecular flexibility index (Phi) is 24.7. The normalized spacial score (nSPS) is 12.6. The molecule has 0 aromatic carbocycles. The molecule has 0 saturated heterocycles. The number of unbranched alkanes of at least 4 members (excludes halogenated alkanes) is 19. The van der Waals surface area contributed by atoms with Crippen LogP contribution < -0.4 is 0 Å². The lowest BCUT2D eigenvalue weighted by molar-refractivity contribution is -0.175. The van der Waals surface area contributed by atoms with Crippen LogP contribution in [0.2, 0.25) is 0 Å². The molecule has 1 unspecified atom stereocenters. The van der Waals surface area contributed by atoms with Gasteiger partial charge in [-0.1, -0.05) is 136 Å². The topological polar surface area (TPSA) is 127 Å². The van der Waals surface area contributed by atoms with Crippen molar-refractivity contribution >= 4 is 23.9 Å². The second kappa shape index (κ2) is 26.0. The van der Waals surface area contributed by atoms with Crippen LogP contribution in [-0.2, 0) is 28.7 Å². The lowest BCUT2D eigenvalue weighted by Crippen LogP contribution is -2.43. The van der Waals surface area contributed by atoms with E-state index in [0.717, 1.165) is 32.1 Å². The van der Waals surface area contributed by atoms with Gasteiger partial charge in [-0.15, -0.1) is 0 Å². The van der Waals surface area contributed by atoms with Gasteiger partial charge in [0.1, 0.15) is 0 Å². The summed E-state index contributed by atoms with van der Waals surface area (Å²) >= 11 is 0. The van der Waals surface area contributed by atoms with Gasteiger partial charge in [0.2, 0.25) is 0 Å². The Labute approximate surface area is 243 Å². The number of esters is 3. The summed E-state index contributed by atoms with van der Waals surface area (Å²) in [5, 5.41) is 19.6. The van der Waals surface area contributed by atoms with E-state index in [2.05, 4.69) is 11.7 Å². The monoisotopic (exact) mass is 570 g/mol. The first kappa shape index (κ1) is 38.0. The maximum atomic E-state index is 12.1. The standard InChI is InChI=1S/C32H58O8/c1-3-5-7-8-9-10-11-12-13-14-15-16-17-18-19-20-21-23-25-39-29(34)26-32(38,31(36)37)27-30(35)40-28(33)24-22-6-4-2/h38H,3-27H2,1-2H3,(H,36,37). The van der Waals surface area contributed by atoms with E-state index in [1.807, 2.05) is 6.92 Å². The molecular weight excluding hydrogens is 512 g/mol. The summed E-state index contributed by atoms with van der Waals surface area (Å²) in [5.74, 6) is -4.60. The van der Waals surface area contributed by atoms with Crippen LogP contribution in [0.25, 0.3) is 0 Å². The smallest absolute Gasteiger partial charge is 0.336 e. The Balaban J connectivity index is 3.77. The third-order valence-corrected chi connectivity index (χ3v) is 7.24. The summed E-state index contributed by atoms with van der Waals surface area (Å²) in [5.41, 5.74) is -2.67. The molecule has 0 fully saturated rings. The van der Waals surface area contributed by atoms with E-state index in [4.69, 9.17) is 4.74 Å². The maximum Gasteiger partial charge on any atom is 0.336 e. The average Bonchev–Trinajstić information content (AvgIpc) is 2.89. The van der Waals surface area contributed by atoms with Crippen LogP contribution >= 0.6 is 0 Å². The highest BCUT2D eigenvalue weighted by Gasteiger charge is 2.42. The average molecular weight is 571 g/mol. The summed E-state index contributed by atoms with van der Waals surface area (Å²) in [4.78, 5) is 47.1. The minimum atomic E-state index is -2.67. The molecule has 1 atom stereocenters. The maximum absolute atomic E-state index is 12.1. The van der Waals surface area contributed by atoms with Gasteiger partial charge in [-0.05, 0) is 12.8 Å². The fourth-order valence-corrected chi connectivity index (χ4v) is 4.67. The highest BCUT2D eigenvalue weighted by atomic mass is 16.6. The summed E-state index contributed by atoms with van der Waals surface area (Å²) < 4.78 is 9.64. The van der Waals surface area contributed by atoms with E-state index in [1.54, 1.807) is 0 Å². The molecular formula is C32H58O8. The lowest BCUT2D eigenvalue weighted by Gasteiger charge is -2.21. The SMILES string of the molecule is CCCCCCCCCCCCCCCCCCCCOC(=O)CC(O)(CC(=O)OC(=O)CCCCC)C(=O)O. The van der Waals surface area contributed by atoms with Crippen molar-refractivity contribution in [3.63, 3.8) is 0 Å². The van der Waals surface area contributed by atoms with Gasteiger partial charge >= 0.3 is 23.9 Å². The number of carboxylic acid groups (broad SMARTS) is 1. The molecule has 0 aromatic heterocycles. The zero-order valence-electron chi connectivity index (χ0n) is 25.5. The first-order valence-electron chi connectivity index (χ1n) is 16.1. The molecule has 40 heavy (non-hydrogen) atoms. The van der Waals surface area contributed by atoms with Crippen molar-refractivity contribution in [2.75, 3.05) is 6.61 Å². The molecule has 0 aliphatic carbocycles. The first-order chi connectivity index (χ1) is 19.2. The van der Waals surface area contributed by atoms with Crippen molar-refractivity contribution in [3.05, 3.63) is 0 Å². The van der Waals surface area contributed by atoms with Crippen LogP contribution in [0.15, 0.2) is 0 Å². The molecule has 0 spiro atoms. The molecule has 2 N–H and O–H groups in total. The van der Waals surface area contributed by atoms with E-state index in [1.165, 1.54) is 89.9 Å². The zero-order valence-corrected chi connectivity index (χ0v) is 25.5. The van der Waals surface area contributed by atoms with E-state index in [0.29, 0.717) is 12.8 Å². The number of carbonyl (C=O) groups excluding carboxylic acids is 3. The van der Waals surface area contributed by atoms with Crippen LogP contribution in [0.3, 0.4) is 0 Å². The van der Waals surface area contributed by atoms with Gasteiger partial charge in [0, 0.05) is 6.42 Å². The fourth-order valence-electron chi connectivity index (χ4n) is 4.67. The molecule has 0 aromatic rings. The van der Waals surface area contributed by atoms with Gasteiger partial charge < -0.3 is 19.7 Å². The molecule has 234 valence electrons. The van der Waals surface area contributed by atoms with Crippen molar-refractivity contribution in [2.24, 2.45) is 0 Å². The quantitative estimate of drug-likeness (QED) is 0.0554. The van der Waals surface area contributed by atoms with Gasteiger partial charge in [0.15, 0.2) is 5.60 Å². The van der Waals surface area contributed by atoms with Crippen LogP contribution in [0.5, 0.6) is 0 Å². The minimum absolute atomic E-state index is 0.0342. The number of hydrogen-bond donors (Lipinski definition) is 2. The third-order valence-electron chi connectivity index (χ3n) is 7.24. The number of ether oxygens (including phenoxy) is 2. The molecule has 0 aliphatic rings. The van der Waals surface area contributed by atoms with Crippen molar-refractivity contribution in [3.8, 4) is 0 Å². The van der Waals surface area contributed by atoms with E-state index in [-0.39, 0.29) is 13.0 Å². The molecule has 0 aliphatic heterocycles. The van der Waals surface area contributed by atoms with Crippen LogP contribution in [0.4, 0.5) is 0 Å². The van der Waals surface area contributed by atoms with Crippen molar-refractivity contribution < 1.29 is 38.9 Å². The van der Waals surface area contributed by atoms with Gasteiger partial charge in [0.25, 0.3) is 0 Å². The second-order valence-electron chi connectivity index (χ2n) is 11.2. The van der Waals surface area contributed by atoms with Crippen molar-refractivity contribution in [2.45, 2.75) is 174 Å². The molecule has 0 amide bonds. The van der Waals surface area contributed by atoms with E-state index >= 15 is 0 Å². The Morgan fingerprint density at radius 1 is 0.525 bits per heavy atom. The number of carboxylic acids is 1. The van der Waals surface area contributed by atoms with Crippen LogP contribution in [-0.4, -0.2) is 46.3 Å². The summed E-state index contributed by atoms with van der Waals surface area (Å²) in [6.45, 7) is 4.35. The summed E-state index contributed by atoms with van der Waals surface area (Å²) in [6, 6.07) is 0. The van der Waals surface area contributed by atoms with Gasteiger partial charge in [0.05, 0.1) is 19.4 Å². The largest absolute Gasteiger partial charge is 0.479 e. The van der Waals surface area contributed by atoms with E-state index in [9.17, 15) is 29.4 Å². The molecule has 0 heterocycles. The molecule has 0 rings (SSSR count). The Morgan fingerprint density at radius 2 is 0.900 bits per heavy atom. The number of aliphatic hydroxyl groups is 1. The van der Waals surface area contributed by atoms with Crippen molar-refractivity contribution in [1.29, 1.82) is 0 Å². The summed E-state index contributed by atoms with van der Waals surface area (Å²) in [6.07, 6.45) is 23.0. The lowest BCUT2D eigenvalue weighted by atomic mass is 9.96. The third kappa shape index (κ3) is 22.8. The van der Waals surface area contributed by atoms with Gasteiger partial charge in [-0.2, -0.15) is 0 Å². The minimum Gasteiger partial charge on any atom is -0.479 e. The Hall–Kier alpha value is -1.96. The second-order valence-corrected chi connectivity index (χ2v) is 11.2. The number of carbonyl (C=O) groups is 4. The summed E-state index contributed by atoms with van der Waals surface area (Å²) in [7, 11) is 0. The number of rotatable bonds is 28. The highest BCUT2D eigenvalue weighted by Crippen LogP contribution is 2.19. The highest BCUT2D eigenvalue weighted by molar-refractivity contribution is 5.92. The molecule has 0 bridgehead atoms. The molecule has 0 saturated carbocycles. The van der Waals surface area contributed by atoms with E-state index < -0.39 is 42.3 Å². The van der Waals surface area contributed by atoms with Crippen LogP contribution in [0, 0.1) is 0 Å². The predicted molar refractivity (Wildman–Crippen MR) is 157 cm³/mol.